The quantitative estimate of drug-likeness (QED) is 0.298. The van der Waals surface area contributed by atoms with Crippen molar-refractivity contribution in [3.05, 3.63) is 94.9 Å². The number of aromatic nitrogens is 4. The van der Waals surface area contributed by atoms with Gasteiger partial charge in [-0.2, -0.15) is 0 Å². The average Bonchev–Trinajstić information content (AvgIpc) is 3.31. The zero-order valence-corrected chi connectivity index (χ0v) is 21.9. The molecule has 2 aromatic heterocycles. The fourth-order valence-corrected chi connectivity index (χ4v) is 4.94. The topological polar surface area (TPSA) is 68.4 Å². The maximum Gasteiger partial charge on any atom is 0.257 e. The van der Waals surface area contributed by atoms with E-state index in [-0.39, 0.29) is 24.1 Å². The number of allylic oxidation sites excluding steroid dienone is 1. The first-order valence-corrected chi connectivity index (χ1v) is 13.0. The second-order valence-electron chi connectivity index (χ2n) is 9.62. The van der Waals surface area contributed by atoms with Gasteiger partial charge in [0, 0.05) is 44.9 Å². The molecule has 0 spiro atoms. The Morgan fingerprint density at radius 2 is 1.84 bits per heavy atom. The van der Waals surface area contributed by atoms with Crippen molar-refractivity contribution < 1.29 is 9.13 Å². The molecule has 0 saturated carbocycles. The van der Waals surface area contributed by atoms with E-state index in [9.17, 15) is 9.18 Å². The summed E-state index contributed by atoms with van der Waals surface area (Å²) in [6.07, 6.45) is 3.99. The van der Waals surface area contributed by atoms with Crippen molar-refractivity contribution in [2.45, 2.75) is 45.5 Å². The van der Waals surface area contributed by atoms with Gasteiger partial charge in [-0.3, -0.25) is 4.79 Å². The summed E-state index contributed by atoms with van der Waals surface area (Å²) in [4.78, 5) is 26.5. The van der Waals surface area contributed by atoms with E-state index in [0.29, 0.717) is 24.7 Å². The largest absolute Gasteiger partial charge is 0.478 e. The Labute approximate surface area is 221 Å². The molecule has 1 fully saturated rings. The highest BCUT2D eigenvalue weighted by Gasteiger charge is 2.28. The zero-order chi connectivity index (χ0) is 26.6. The minimum absolute atomic E-state index is 0.0886. The second-order valence-corrected chi connectivity index (χ2v) is 9.62. The highest BCUT2D eigenvalue weighted by atomic mass is 19.1. The molecule has 9 heteroatoms. The van der Waals surface area contributed by atoms with Gasteiger partial charge >= 0.3 is 0 Å². The summed E-state index contributed by atoms with van der Waals surface area (Å²) in [5.74, 6) is 1.89. The lowest BCUT2D eigenvalue weighted by atomic mass is 10.0. The molecule has 8 nitrogen and oxygen atoms in total. The van der Waals surface area contributed by atoms with Crippen molar-refractivity contribution >= 4 is 22.9 Å². The number of rotatable bonds is 9. The van der Waals surface area contributed by atoms with Gasteiger partial charge in [0.2, 0.25) is 11.9 Å². The number of nitrogens with zero attached hydrogens (tertiary/aromatic N) is 6. The second kappa shape index (κ2) is 11.1. The van der Waals surface area contributed by atoms with Crippen molar-refractivity contribution in [3.8, 4) is 0 Å². The van der Waals surface area contributed by atoms with Crippen LogP contribution in [0.3, 0.4) is 0 Å². The summed E-state index contributed by atoms with van der Waals surface area (Å²) in [5, 5.41) is 0. The molecule has 0 aliphatic carbocycles. The van der Waals surface area contributed by atoms with Crippen LogP contribution in [0, 0.1) is 5.82 Å². The first-order chi connectivity index (χ1) is 18.4. The van der Waals surface area contributed by atoms with Crippen molar-refractivity contribution in [3.63, 3.8) is 0 Å². The van der Waals surface area contributed by atoms with Crippen LogP contribution in [0.5, 0.6) is 0 Å². The van der Waals surface area contributed by atoms with Gasteiger partial charge in [0.1, 0.15) is 5.82 Å². The standard InChI is InChI=1S/C29H33FN6O2/c1-4-21(2)38-20-36-27(37)13-16-31-28(36)33(3)24-14-17-34(18-15-24)29-32-25-7-5-6-8-26(25)35(29)19-22-9-11-23(30)12-10-22/h5-13,16,24H,2,4,14-15,17-20H2,1,3H3. The SMILES string of the molecule is C=C(CC)OCn1c(N(C)C2CCN(c3nc4ccccc4n3Cc3ccc(F)cc3)CC2)nccc1=O. The summed E-state index contributed by atoms with van der Waals surface area (Å²) < 4.78 is 22.9. The summed E-state index contributed by atoms with van der Waals surface area (Å²) in [6.45, 7) is 8.15. The van der Waals surface area contributed by atoms with E-state index in [0.717, 1.165) is 48.5 Å². The van der Waals surface area contributed by atoms with Crippen molar-refractivity contribution in [2.75, 3.05) is 29.9 Å². The van der Waals surface area contributed by atoms with E-state index >= 15 is 0 Å². The van der Waals surface area contributed by atoms with Crippen molar-refractivity contribution in [2.24, 2.45) is 0 Å². The third-order valence-corrected chi connectivity index (χ3v) is 7.21. The lowest BCUT2D eigenvalue weighted by Crippen LogP contribution is -2.46. The minimum atomic E-state index is -0.240. The molecule has 2 aromatic carbocycles. The Morgan fingerprint density at radius 3 is 2.58 bits per heavy atom. The van der Waals surface area contributed by atoms with E-state index in [4.69, 9.17) is 9.72 Å². The Bertz CT molecular complexity index is 1470. The molecule has 4 aromatic rings. The van der Waals surface area contributed by atoms with Gasteiger partial charge in [-0.05, 0) is 42.7 Å². The highest BCUT2D eigenvalue weighted by molar-refractivity contribution is 5.79. The Balaban J connectivity index is 1.34. The molecule has 5 rings (SSSR count). The molecular weight excluding hydrogens is 483 g/mol. The van der Waals surface area contributed by atoms with Gasteiger partial charge in [0.25, 0.3) is 5.56 Å². The Kier molecular flexibility index (Phi) is 7.44. The molecule has 1 aliphatic rings. The average molecular weight is 517 g/mol. The molecule has 198 valence electrons. The number of ether oxygens (including phenoxy) is 1. The van der Waals surface area contributed by atoms with Crippen LogP contribution in [0.4, 0.5) is 16.3 Å². The first kappa shape index (κ1) is 25.5. The van der Waals surface area contributed by atoms with Gasteiger partial charge in [-0.15, -0.1) is 0 Å². The van der Waals surface area contributed by atoms with Crippen LogP contribution in [-0.2, 0) is 18.0 Å². The normalized spacial score (nSPS) is 14.1. The van der Waals surface area contributed by atoms with Crippen LogP contribution in [0.2, 0.25) is 0 Å². The Hall–Kier alpha value is -4.14. The molecule has 0 amide bonds. The zero-order valence-electron chi connectivity index (χ0n) is 21.9. The van der Waals surface area contributed by atoms with Gasteiger partial charge in [0.05, 0.1) is 23.3 Å². The van der Waals surface area contributed by atoms with Crippen LogP contribution in [0.25, 0.3) is 11.0 Å². The molecule has 3 heterocycles. The Morgan fingerprint density at radius 1 is 1.11 bits per heavy atom. The number of para-hydroxylation sites is 2. The number of halogens is 1. The van der Waals surface area contributed by atoms with E-state index in [1.165, 1.54) is 18.2 Å². The van der Waals surface area contributed by atoms with Gasteiger partial charge in [-0.1, -0.05) is 37.8 Å². The molecule has 38 heavy (non-hydrogen) atoms. The third-order valence-electron chi connectivity index (χ3n) is 7.21. The van der Waals surface area contributed by atoms with Gasteiger partial charge < -0.3 is 19.1 Å². The summed E-state index contributed by atoms with van der Waals surface area (Å²) in [6, 6.07) is 16.4. The van der Waals surface area contributed by atoms with Crippen LogP contribution >= 0.6 is 0 Å². The number of anilines is 2. The van der Waals surface area contributed by atoms with E-state index in [1.807, 2.05) is 44.3 Å². The molecule has 1 aliphatic heterocycles. The molecule has 0 atom stereocenters. The summed E-state index contributed by atoms with van der Waals surface area (Å²) in [5.41, 5.74) is 2.86. The molecule has 0 unspecified atom stereocenters. The molecule has 1 saturated heterocycles. The number of imidazole rings is 1. The van der Waals surface area contributed by atoms with Gasteiger partial charge in [-0.25, -0.2) is 18.9 Å². The number of hydrogen-bond donors (Lipinski definition) is 0. The van der Waals surface area contributed by atoms with Gasteiger partial charge in [0.15, 0.2) is 6.73 Å². The van der Waals surface area contributed by atoms with E-state index in [1.54, 1.807) is 10.8 Å². The number of benzene rings is 2. The molecular formula is C29H33FN6O2. The monoisotopic (exact) mass is 516 g/mol. The van der Waals surface area contributed by atoms with Crippen molar-refractivity contribution in [1.82, 2.24) is 19.1 Å². The highest BCUT2D eigenvalue weighted by Crippen LogP contribution is 2.28. The smallest absolute Gasteiger partial charge is 0.257 e. The number of fused-ring (bicyclic) bond motifs is 1. The fourth-order valence-electron chi connectivity index (χ4n) is 4.94. The van der Waals surface area contributed by atoms with Crippen molar-refractivity contribution in [1.29, 1.82) is 0 Å². The number of piperidine rings is 1. The fraction of sp³-hybridized carbons (Fsp3) is 0.345. The van der Waals surface area contributed by atoms with Crippen LogP contribution in [0.1, 0.15) is 31.7 Å². The molecule has 0 N–H and O–H groups in total. The lowest BCUT2D eigenvalue weighted by molar-refractivity contribution is 0.136. The van der Waals surface area contributed by atoms with E-state index < -0.39 is 0 Å². The lowest BCUT2D eigenvalue weighted by Gasteiger charge is -2.38. The maximum absolute atomic E-state index is 13.5. The van der Waals surface area contributed by atoms with Crippen LogP contribution < -0.4 is 15.4 Å². The first-order valence-electron chi connectivity index (χ1n) is 13.0. The summed E-state index contributed by atoms with van der Waals surface area (Å²) >= 11 is 0. The predicted molar refractivity (Wildman–Crippen MR) is 148 cm³/mol. The van der Waals surface area contributed by atoms with Crippen LogP contribution in [-0.4, -0.2) is 45.3 Å². The summed E-state index contributed by atoms with van der Waals surface area (Å²) in [7, 11) is 1.98. The number of hydrogen-bond acceptors (Lipinski definition) is 6. The molecule has 0 bridgehead atoms. The predicted octanol–water partition coefficient (Wildman–Crippen LogP) is 4.78. The third kappa shape index (κ3) is 5.27. The molecule has 0 radical (unpaired) electrons. The minimum Gasteiger partial charge on any atom is -0.478 e. The van der Waals surface area contributed by atoms with Crippen LogP contribution in [0.15, 0.2) is 77.9 Å². The maximum atomic E-state index is 13.5. The van der Waals surface area contributed by atoms with E-state index in [2.05, 4.69) is 32.0 Å².